The van der Waals surface area contributed by atoms with Crippen LogP contribution in [0.3, 0.4) is 0 Å². The molecular formula is C44H31N2-. The van der Waals surface area contributed by atoms with Crippen LogP contribution in [-0.2, 0) is 6.54 Å². The van der Waals surface area contributed by atoms with Gasteiger partial charge in [-0.15, -0.1) is 6.54 Å². The van der Waals surface area contributed by atoms with Crippen molar-refractivity contribution in [3.8, 4) is 39.1 Å². The van der Waals surface area contributed by atoms with Crippen LogP contribution in [0.1, 0.15) is 16.8 Å². The molecule has 1 aromatic heterocycles. The molecule has 7 aromatic carbocycles. The zero-order valence-corrected chi connectivity index (χ0v) is 25.6. The quantitative estimate of drug-likeness (QED) is 0.182. The van der Waals surface area contributed by atoms with E-state index >= 15 is 0 Å². The van der Waals surface area contributed by atoms with Crippen LogP contribution in [0.2, 0.25) is 0 Å². The minimum atomic E-state index is 0.687. The Bertz CT molecular complexity index is 2470. The topological polar surface area (TPSA) is 19.0 Å². The first-order valence-corrected chi connectivity index (χ1v) is 15.9. The lowest BCUT2D eigenvalue weighted by atomic mass is 9.85. The molecule has 1 aliphatic rings. The Hall–Kier alpha value is -5.86. The summed E-state index contributed by atoms with van der Waals surface area (Å²) >= 11 is 0. The summed E-state index contributed by atoms with van der Waals surface area (Å²) in [6.07, 6.45) is 4.09. The van der Waals surface area contributed by atoms with Crippen molar-refractivity contribution in [1.29, 1.82) is 0 Å². The number of hydrogen-bond donors (Lipinski definition) is 0. The van der Waals surface area contributed by atoms with Gasteiger partial charge in [0.2, 0.25) is 0 Å². The van der Waals surface area contributed by atoms with Crippen LogP contribution in [0.4, 0.5) is 0 Å². The molecule has 2 heterocycles. The summed E-state index contributed by atoms with van der Waals surface area (Å²) in [7, 11) is 0. The number of fused-ring (bicyclic) bond motifs is 5. The van der Waals surface area contributed by atoms with Crippen molar-refractivity contribution in [2.45, 2.75) is 13.5 Å². The summed E-state index contributed by atoms with van der Waals surface area (Å²) in [6.45, 7) is 2.84. The molecule has 0 unspecified atom stereocenters. The fourth-order valence-corrected chi connectivity index (χ4v) is 7.40. The largest absolute Gasteiger partial charge is 0.687 e. The van der Waals surface area contributed by atoms with Gasteiger partial charge in [0.05, 0.1) is 5.52 Å². The summed E-state index contributed by atoms with van der Waals surface area (Å²) in [5.41, 5.74) is 13.6. The van der Waals surface area contributed by atoms with Crippen LogP contribution < -0.4 is 0 Å². The van der Waals surface area contributed by atoms with E-state index in [1.54, 1.807) is 0 Å². The van der Waals surface area contributed by atoms with Gasteiger partial charge < -0.3 is 9.88 Å². The lowest BCUT2D eigenvalue weighted by Gasteiger charge is -2.21. The molecule has 0 amide bonds. The highest BCUT2D eigenvalue weighted by Gasteiger charge is 2.19. The van der Waals surface area contributed by atoms with Crippen molar-refractivity contribution in [3.63, 3.8) is 0 Å². The third kappa shape index (κ3) is 4.18. The molecule has 1 aliphatic heterocycles. The van der Waals surface area contributed by atoms with E-state index in [0.717, 1.165) is 0 Å². The molecule has 0 N–H and O–H groups in total. The van der Waals surface area contributed by atoms with E-state index in [-0.39, 0.29) is 0 Å². The van der Waals surface area contributed by atoms with Crippen LogP contribution >= 0.6 is 0 Å². The Morgan fingerprint density at radius 1 is 0.500 bits per heavy atom. The molecule has 2 heteroatoms. The minimum Gasteiger partial charge on any atom is -0.687 e. The zero-order valence-electron chi connectivity index (χ0n) is 25.6. The molecule has 0 fully saturated rings. The van der Waals surface area contributed by atoms with Gasteiger partial charge in [0.25, 0.3) is 0 Å². The monoisotopic (exact) mass is 587 g/mol. The van der Waals surface area contributed by atoms with E-state index in [1.807, 2.05) is 6.20 Å². The number of aromatic nitrogens is 1. The Labute approximate surface area is 268 Å². The maximum atomic E-state index is 4.66. The SMILES string of the molecule is Cc1cccc(-n2c3c(c4cc(-c5ccc6c(-c7ccccc7)c7ccccc7c(-c7ccccc7)c6c5)ccc42)C[N-]C=C3)c1. The fourth-order valence-electron chi connectivity index (χ4n) is 7.40. The Morgan fingerprint density at radius 3 is 1.80 bits per heavy atom. The fraction of sp³-hybridized carbons (Fsp3) is 0.0455. The molecule has 218 valence electrons. The van der Waals surface area contributed by atoms with Crippen LogP contribution in [-0.4, -0.2) is 4.57 Å². The highest BCUT2D eigenvalue weighted by molar-refractivity contribution is 6.22. The van der Waals surface area contributed by atoms with Crippen molar-refractivity contribution < 1.29 is 0 Å². The normalized spacial score (nSPS) is 12.5. The van der Waals surface area contributed by atoms with Crippen LogP contribution in [0, 0.1) is 6.92 Å². The van der Waals surface area contributed by atoms with E-state index in [4.69, 9.17) is 0 Å². The second kappa shape index (κ2) is 10.6. The zero-order chi connectivity index (χ0) is 30.6. The van der Waals surface area contributed by atoms with Crippen LogP contribution in [0.25, 0.3) is 82.9 Å². The Morgan fingerprint density at radius 2 is 1.11 bits per heavy atom. The number of nitrogens with zero attached hydrogens (tertiary/aromatic N) is 2. The molecule has 0 radical (unpaired) electrons. The van der Waals surface area contributed by atoms with Gasteiger partial charge in [0, 0.05) is 16.8 Å². The summed E-state index contributed by atoms with van der Waals surface area (Å²) in [4.78, 5) is 0. The molecule has 2 nitrogen and oxygen atoms in total. The van der Waals surface area contributed by atoms with Gasteiger partial charge in [-0.3, -0.25) is 0 Å². The van der Waals surface area contributed by atoms with Gasteiger partial charge in [-0.2, -0.15) is 6.20 Å². The molecular weight excluding hydrogens is 556 g/mol. The molecule has 0 atom stereocenters. The third-order valence-corrected chi connectivity index (χ3v) is 9.44. The van der Waals surface area contributed by atoms with E-state index in [0.29, 0.717) is 6.54 Å². The summed E-state index contributed by atoms with van der Waals surface area (Å²) < 4.78 is 2.39. The first-order valence-electron chi connectivity index (χ1n) is 15.9. The molecule has 0 bridgehead atoms. The number of rotatable bonds is 4. The van der Waals surface area contributed by atoms with E-state index in [2.05, 4.69) is 168 Å². The average Bonchev–Trinajstić information content (AvgIpc) is 3.45. The highest BCUT2D eigenvalue weighted by Crippen LogP contribution is 2.45. The van der Waals surface area contributed by atoms with Gasteiger partial charge in [0.1, 0.15) is 0 Å². The Balaban J connectivity index is 1.32. The summed E-state index contributed by atoms with van der Waals surface area (Å²) in [6, 6.07) is 53.3. The van der Waals surface area contributed by atoms with E-state index in [9.17, 15) is 0 Å². The molecule has 46 heavy (non-hydrogen) atoms. The second-order valence-corrected chi connectivity index (χ2v) is 12.2. The second-order valence-electron chi connectivity index (χ2n) is 12.2. The Kier molecular flexibility index (Phi) is 6.14. The smallest absolute Gasteiger partial charge is 0.0537 e. The molecule has 0 saturated carbocycles. The first kappa shape index (κ1) is 26.5. The standard InChI is InChI=1S/C44H31N2/c1-29-11-10-16-34(25-29)46-41-22-20-33(26-38(41)40-28-45-24-23-42(40)46)32-19-21-37-39(27-32)44(31-14-6-3-7-15-31)36-18-9-8-17-35(36)43(37)30-12-4-2-5-13-30/h2-27H,28H2,1H3/q-1. The van der Waals surface area contributed by atoms with Crippen molar-refractivity contribution in [3.05, 3.63) is 174 Å². The van der Waals surface area contributed by atoms with Crippen molar-refractivity contribution >= 4 is 38.5 Å². The van der Waals surface area contributed by atoms with Gasteiger partial charge in [-0.1, -0.05) is 121 Å². The summed E-state index contributed by atoms with van der Waals surface area (Å²) in [5.74, 6) is 0. The molecule has 0 spiro atoms. The summed E-state index contributed by atoms with van der Waals surface area (Å²) in [5, 5.41) is 11.0. The van der Waals surface area contributed by atoms with Crippen LogP contribution in [0.5, 0.6) is 0 Å². The lowest BCUT2D eigenvalue weighted by molar-refractivity contribution is 1.06. The average molecular weight is 588 g/mol. The number of benzene rings is 7. The van der Waals surface area contributed by atoms with Crippen molar-refractivity contribution in [2.24, 2.45) is 0 Å². The maximum absolute atomic E-state index is 4.66. The van der Waals surface area contributed by atoms with Gasteiger partial charge in [0.15, 0.2) is 0 Å². The molecule has 0 aliphatic carbocycles. The molecule has 8 aromatic rings. The predicted octanol–water partition coefficient (Wildman–Crippen LogP) is 12.1. The van der Waals surface area contributed by atoms with Gasteiger partial charge in [-0.05, 0) is 103 Å². The van der Waals surface area contributed by atoms with Crippen molar-refractivity contribution in [1.82, 2.24) is 4.57 Å². The van der Waals surface area contributed by atoms with E-state index < -0.39 is 0 Å². The van der Waals surface area contributed by atoms with Crippen molar-refractivity contribution in [2.75, 3.05) is 0 Å². The molecule has 0 saturated heterocycles. The third-order valence-electron chi connectivity index (χ3n) is 9.44. The molecule has 9 rings (SSSR count). The van der Waals surface area contributed by atoms with Gasteiger partial charge in [-0.25, -0.2) is 0 Å². The first-order chi connectivity index (χ1) is 22.7. The van der Waals surface area contributed by atoms with Crippen LogP contribution in [0.15, 0.2) is 152 Å². The number of aryl methyl sites for hydroxylation is 1. The van der Waals surface area contributed by atoms with E-state index in [1.165, 1.54) is 88.3 Å². The number of hydrogen-bond acceptors (Lipinski definition) is 0. The predicted molar refractivity (Wildman–Crippen MR) is 195 cm³/mol. The van der Waals surface area contributed by atoms with Gasteiger partial charge >= 0.3 is 0 Å². The minimum absolute atomic E-state index is 0.687. The highest BCUT2D eigenvalue weighted by atomic mass is 15.0. The maximum Gasteiger partial charge on any atom is 0.0537 e. The lowest BCUT2D eigenvalue weighted by Crippen LogP contribution is -1.99.